The molecule has 7 heteroatoms. The standard InChI is InChI=1S/C18H26BrN5S/c1-18(2,14-8-6-7-9-15(14)19)12-22-16(20-3)21-10-13-11-25-17(23-13)24(4)5/h6-9,11H,10,12H2,1-5H3,(H2,20,21,22). The topological polar surface area (TPSA) is 52.6 Å². The zero-order valence-corrected chi connectivity index (χ0v) is 17.8. The number of aliphatic imine (C=N–C) groups is 1. The fourth-order valence-electron chi connectivity index (χ4n) is 2.39. The van der Waals surface area contributed by atoms with Crippen molar-refractivity contribution < 1.29 is 0 Å². The molecule has 25 heavy (non-hydrogen) atoms. The van der Waals surface area contributed by atoms with Crippen LogP contribution in [-0.2, 0) is 12.0 Å². The molecule has 1 aromatic heterocycles. The van der Waals surface area contributed by atoms with Crippen LogP contribution in [0.15, 0.2) is 39.1 Å². The quantitative estimate of drug-likeness (QED) is 0.550. The minimum absolute atomic E-state index is 0.0313. The van der Waals surface area contributed by atoms with Gasteiger partial charge in [-0.05, 0) is 11.6 Å². The Balaban J connectivity index is 1.92. The highest BCUT2D eigenvalue weighted by atomic mass is 79.9. The van der Waals surface area contributed by atoms with Crippen molar-refractivity contribution in [3.05, 3.63) is 45.4 Å². The molecule has 0 fully saturated rings. The van der Waals surface area contributed by atoms with Crippen LogP contribution in [0.5, 0.6) is 0 Å². The van der Waals surface area contributed by atoms with Gasteiger partial charge in [0.1, 0.15) is 0 Å². The Kier molecular flexibility index (Phi) is 6.84. The molecule has 0 saturated carbocycles. The maximum Gasteiger partial charge on any atom is 0.191 e. The van der Waals surface area contributed by atoms with E-state index >= 15 is 0 Å². The first-order valence-corrected chi connectivity index (χ1v) is 9.82. The van der Waals surface area contributed by atoms with Gasteiger partial charge in [-0.1, -0.05) is 48.0 Å². The van der Waals surface area contributed by atoms with Gasteiger partial charge in [-0.15, -0.1) is 11.3 Å². The van der Waals surface area contributed by atoms with Crippen LogP contribution in [0.2, 0.25) is 0 Å². The van der Waals surface area contributed by atoms with E-state index in [0.717, 1.165) is 27.8 Å². The third-order valence-electron chi connectivity index (χ3n) is 3.88. The van der Waals surface area contributed by atoms with E-state index in [0.29, 0.717) is 6.54 Å². The first-order valence-electron chi connectivity index (χ1n) is 8.15. The van der Waals surface area contributed by atoms with Crippen LogP contribution in [0.4, 0.5) is 5.13 Å². The van der Waals surface area contributed by atoms with Crippen molar-refractivity contribution in [3.8, 4) is 0 Å². The van der Waals surface area contributed by atoms with Gasteiger partial charge in [0.15, 0.2) is 11.1 Å². The lowest BCUT2D eigenvalue weighted by molar-refractivity contribution is 0.506. The van der Waals surface area contributed by atoms with Gasteiger partial charge in [0.05, 0.1) is 12.2 Å². The first kappa shape index (κ1) is 19.7. The number of thiazole rings is 1. The molecule has 2 aromatic rings. The molecule has 2 rings (SSSR count). The summed E-state index contributed by atoms with van der Waals surface area (Å²) in [6, 6.07) is 8.33. The summed E-state index contributed by atoms with van der Waals surface area (Å²) in [6.07, 6.45) is 0. The molecule has 1 heterocycles. The summed E-state index contributed by atoms with van der Waals surface area (Å²) in [6.45, 7) is 5.86. The Hall–Kier alpha value is -1.60. The Bertz CT molecular complexity index is 724. The van der Waals surface area contributed by atoms with Crippen LogP contribution < -0.4 is 15.5 Å². The van der Waals surface area contributed by atoms with E-state index in [9.17, 15) is 0 Å². The van der Waals surface area contributed by atoms with E-state index in [1.54, 1.807) is 18.4 Å². The second-order valence-corrected chi connectivity index (χ2v) is 8.35. The van der Waals surface area contributed by atoms with E-state index in [1.165, 1.54) is 5.56 Å². The molecular weight excluding hydrogens is 398 g/mol. The molecule has 0 aliphatic carbocycles. The van der Waals surface area contributed by atoms with Crippen LogP contribution >= 0.6 is 27.3 Å². The van der Waals surface area contributed by atoms with Gasteiger partial charge >= 0.3 is 0 Å². The van der Waals surface area contributed by atoms with E-state index < -0.39 is 0 Å². The SMILES string of the molecule is CN=C(NCc1csc(N(C)C)n1)NCC(C)(C)c1ccccc1Br. The van der Waals surface area contributed by atoms with Crippen molar-refractivity contribution in [1.29, 1.82) is 0 Å². The molecule has 0 bridgehead atoms. The van der Waals surface area contributed by atoms with Gasteiger partial charge in [-0.25, -0.2) is 4.98 Å². The molecule has 0 saturated heterocycles. The Labute approximate surface area is 162 Å². The molecule has 0 radical (unpaired) electrons. The fourth-order valence-corrected chi connectivity index (χ4v) is 3.97. The van der Waals surface area contributed by atoms with Crippen molar-refractivity contribution in [2.24, 2.45) is 4.99 Å². The van der Waals surface area contributed by atoms with Gasteiger partial charge in [0, 0.05) is 43.0 Å². The van der Waals surface area contributed by atoms with E-state index in [1.807, 2.05) is 25.1 Å². The smallest absolute Gasteiger partial charge is 0.191 e. The predicted molar refractivity (Wildman–Crippen MR) is 112 cm³/mol. The molecule has 0 aliphatic rings. The second kappa shape index (κ2) is 8.67. The Morgan fingerprint density at radius 3 is 2.60 bits per heavy atom. The number of hydrogen-bond donors (Lipinski definition) is 2. The lowest BCUT2D eigenvalue weighted by Gasteiger charge is -2.27. The molecule has 0 atom stereocenters. The summed E-state index contributed by atoms with van der Waals surface area (Å²) in [5, 5.41) is 9.83. The third-order valence-corrected chi connectivity index (χ3v) is 5.63. The van der Waals surface area contributed by atoms with Crippen molar-refractivity contribution in [2.45, 2.75) is 25.8 Å². The minimum atomic E-state index is -0.0313. The molecule has 0 aliphatic heterocycles. The van der Waals surface area contributed by atoms with Gasteiger partial charge < -0.3 is 15.5 Å². The third kappa shape index (κ3) is 5.44. The summed E-state index contributed by atoms with van der Waals surface area (Å²) >= 11 is 5.29. The lowest BCUT2D eigenvalue weighted by Crippen LogP contribution is -2.43. The highest BCUT2D eigenvalue weighted by Crippen LogP contribution is 2.29. The summed E-state index contributed by atoms with van der Waals surface area (Å²) in [5.74, 6) is 0.777. The van der Waals surface area contributed by atoms with E-state index in [2.05, 4.69) is 74.0 Å². The van der Waals surface area contributed by atoms with Gasteiger partial charge in [-0.2, -0.15) is 0 Å². The highest BCUT2D eigenvalue weighted by molar-refractivity contribution is 9.10. The van der Waals surface area contributed by atoms with Crippen molar-refractivity contribution >= 4 is 38.4 Å². The number of hydrogen-bond acceptors (Lipinski definition) is 4. The molecule has 0 unspecified atom stereocenters. The summed E-state index contributed by atoms with van der Waals surface area (Å²) < 4.78 is 1.13. The van der Waals surface area contributed by atoms with Gasteiger partial charge in [-0.3, -0.25) is 4.99 Å². The Morgan fingerprint density at radius 2 is 2.00 bits per heavy atom. The number of halogens is 1. The number of anilines is 1. The van der Waals surface area contributed by atoms with Crippen LogP contribution in [0.25, 0.3) is 0 Å². The molecule has 0 amide bonds. The molecule has 5 nitrogen and oxygen atoms in total. The van der Waals surface area contributed by atoms with Crippen molar-refractivity contribution in [3.63, 3.8) is 0 Å². The maximum atomic E-state index is 4.58. The van der Waals surface area contributed by atoms with Crippen LogP contribution in [0.1, 0.15) is 25.1 Å². The van der Waals surface area contributed by atoms with Gasteiger partial charge in [0.25, 0.3) is 0 Å². The molecule has 1 aromatic carbocycles. The zero-order chi connectivity index (χ0) is 18.4. The minimum Gasteiger partial charge on any atom is -0.356 e. The van der Waals surface area contributed by atoms with Gasteiger partial charge in [0.2, 0.25) is 0 Å². The maximum absolute atomic E-state index is 4.58. The summed E-state index contributed by atoms with van der Waals surface area (Å²) in [4.78, 5) is 10.9. The highest BCUT2D eigenvalue weighted by Gasteiger charge is 2.23. The molecule has 0 spiro atoms. The molecule has 2 N–H and O–H groups in total. The van der Waals surface area contributed by atoms with Crippen LogP contribution in [-0.4, -0.2) is 38.6 Å². The Morgan fingerprint density at radius 1 is 1.28 bits per heavy atom. The van der Waals surface area contributed by atoms with E-state index in [4.69, 9.17) is 0 Å². The van der Waals surface area contributed by atoms with Crippen molar-refractivity contribution in [2.75, 3.05) is 32.6 Å². The normalized spacial score (nSPS) is 12.2. The van der Waals surface area contributed by atoms with Crippen LogP contribution in [0, 0.1) is 0 Å². The summed E-state index contributed by atoms with van der Waals surface area (Å²) in [5.41, 5.74) is 2.26. The fraction of sp³-hybridized carbons (Fsp3) is 0.444. The molecule has 136 valence electrons. The number of nitrogens with one attached hydrogen (secondary N) is 2. The largest absolute Gasteiger partial charge is 0.356 e. The number of guanidine groups is 1. The van der Waals surface area contributed by atoms with E-state index in [-0.39, 0.29) is 5.41 Å². The first-order chi connectivity index (χ1) is 11.8. The number of nitrogens with zero attached hydrogens (tertiary/aromatic N) is 3. The van der Waals surface area contributed by atoms with Crippen molar-refractivity contribution in [1.82, 2.24) is 15.6 Å². The average molecular weight is 424 g/mol. The zero-order valence-electron chi connectivity index (χ0n) is 15.4. The average Bonchev–Trinajstić information content (AvgIpc) is 3.04. The second-order valence-electron chi connectivity index (χ2n) is 6.66. The predicted octanol–water partition coefficient (Wildman–Crippen LogP) is 3.61. The lowest BCUT2D eigenvalue weighted by atomic mass is 9.84. The van der Waals surface area contributed by atoms with Crippen LogP contribution in [0.3, 0.4) is 0 Å². The monoisotopic (exact) mass is 423 g/mol. The number of aromatic nitrogens is 1. The number of rotatable bonds is 6. The summed E-state index contributed by atoms with van der Waals surface area (Å²) in [7, 11) is 5.79. The number of benzene rings is 1. The molecular formula is C18H26BrN5S.